The van der Waals surface area contributed by atoms with Crippen LogP contribution in [0.1, 0.15) is 25.7 Å². The Labute approximate surface area is 138 Å². The zero-order valence-corrected chi connectivity index (χ0v) is 13.4. The minimum atomic E-state index is -0.465. The van der Waals surface area contributed by atoms with Crippen molar-refractivity contribution in [2.75, 3.05) is 18.4 Å². The first-order chi connectivity index (χ1) is 11.1. The third-order valence-corrected chi connectivity index (χ3v) is 5.07. The Hall–Kier alpha value is -1.89. The highest BCUT2D eigenvalue weighted by Gasteiger charge is 2.33. The van der Waals surface area contributed by atoms with E-state index >= 15 is 0 Å². The molecule has 2 aliphatic rings. The average molecular weight is 335 g/mol. The van der Waals surface area contributed by atoms with Gasteiger partial charge in [-0.2, -0.15) is 4.99 Å². The number of amides is 2. The van der Waals surface area contributed by atoms with Gasteiger partial charge in [-0.3, -0.25) is 9.59 Å². The Bertz CT molecular complexity index is 627. The van der Waals surface area contributed by atoms with E-state index in [2.05, 4.69) is 15.2 Å². The summed E-state index contributed by atoms with van der Waals surface area (Å²) in [6, 6.07) is 5.55. The lowest BCUT2D eigenvalue weighted by Gasteiger charge is -2.27. The fourth-order valence-corrected chi connectivity index (χ4v) is 3.76. The molecule has 1 atom stereocenters. The number of amidine groups is 1. The second-order valence-corrected chi connectivity index (χ2v) is 6.82. The van der Waals surface area contributed by atoms with Crippen LogP contribution >= 0.6 is 11.8 Å². The van der Waals surface area contributed by atoms with Gasteiger partial charge < -0.3 is 10.2 Å². The quantitative estimate of drug-likeness (QED) is 0.922. The summed E-state index contributed by atoms with van der Waals surface area (Å²) in [7, 11) is 0. The van der Waals surface area contributed by atoms with Crippen molar-refractivity contribution in [1.82, 2.24) is 4.90 Å². The van der Waals surface area contributed by atoms with Gasteiger partial charge in [0.05, 0.1) is 0 Å². The van der Waals surface area contributed by atoms with Gasteiger partial charge in [0.25, 0.3) is 5.91 Å². The van der Waals surface area contributed by atoms with Crippen LogP contribution in [0.25, 0.3) is 0 Å². The molecule has 1 unspecified atom stereocenters. The van der Waals surface area contributed by atoms with Crippen molar-refractivity contribution < 1.29 is 14.0 Å². The van der Waals surface area contributed by atoms with E-state index < -0.39 is 5.25 Å². The average Bonchev–Trinajstić information content (AvgIpc) is 2.91. The molecule has 122 valence electrons. The first-order valence-corrected chi connectivity index (χ1v) is 8.59. The number of halogens is 1. The number of piperidine rings is 1. The van der Waals surface area contributed by atoms with E-state index in [1.807, 2.05) is 0 Å². The van der Waals surface area contributed by atoms with Gasteiger partial charge in [0, 0.05) is 25.2 Å². The third kappa shape index (κ3) is 4.10. The number of nitrogens with zero attached hydrogens (tertiary/aromatic N) is 2. The molecule has 1 fully saturated rings. The standard InChI is InChI=1S/C16H18FN3O2S/c17-11-4-6-12(7-5-11)18-14(21)10-13-15(22)19-16(23-13)20-8-2-1-3-9-20/h4-7,13H,1-3,8-10H2,(H,18,21). The Morgan fingerprint density at radius 1 is 1.26 bits per heavy atom. The Balaban J connectivity index is 1.53. The molecule has 0 aliphatic carbocycles. The molecule has 3 rings (SSSR count). The Morgan fingerprint density at radius 2 is 1.96 bits per heavy atom. The molecule has 23 heavy (non-hydrogen) atoms. The van der Waals surface area contributed by atoms with E-state index in [0.29, 0.717) is 5.69 Å². The van der Waals surface area contributed by atoms with Crippen LogP contribution in [0.4, 0.5) is 10.1 Å². The molecule has 1 saturated heterocycles. The third-order valence-electron chi connectivity index (χ3n) is 3.85. The van der Waals surface area contributed by atoms with E-state index in [9.17, 15) is 14.0 Å². The fourth-order valence-electron chi connectivity index (χ4n) is 2.64. The molecule has 0 aromatic heterocycles. The molecule has 5 nitrogen and oxygen atoms in total. The van der Waals surface area contributed by atoms with Gasteiger partial charge in [0.15, 0.2) is 5.17 Å². The monoisotopic (exact) mass is 335 g/mol. The number of rotatable bonds is 3. The molecule has 0 bridgehead atoms. The van der Waals surface area contributed by atoms with Crippen LogP contribution in [0.15, 0.2) is 29.3 Å². The van der Waals surface area contributed by atoms with E-state index in [4.69, 9.17) is 0 Å². The normalized spacial score (nSPS) is 21.3. The van der Waals surface area contributed by atoms with Crippen molar-refractivity contribution in [3.63, 3.8) is 0 Å². The van der Waals surface area contributed by atoms with Crippen LogP contribution in [0.2, 0.25) is 0 Å². The zero-order valence-electron chi connectivity index (χ0n) is 12.6. The summed E-state index contributed by atoms with van der Waals surface area (Å²) in [5, 5.41) is 2.95. The summed E-state index contributed by atoms with van der Waals surface area (Å²) in [6.07, 6.45) is 3.51. The van der Waals surface area contributed by atoms with Crippen molar-refractivity contribution in [1.29, 1.82) is 0 Å². The van der Waals surface area contributed by atoms with Crippen LogP contribution in [-0.2, 0) is 9.59 Å². The fraction of sp³-hybridized carbons (Fsp3) is 0.438. The molecule has 0 spiro atoms. The van der Waals surface area contributed by atoms with E-state index in [0.717, 1.165) is 31.1 Å². The molecule has 2 aliphatic heterocycles. The van der Waals surface area contributed by atoms with E-state index in [1.165, 1.54) is 42.4 Å². The van der Waals surface area contributed by atoms with Gasteiger partial charge in [-0.25, -0.2) is 4.39 Å². The molecule has 1 aromatic carbocycles. The van der Waals surface area contributed by atoms with Gasteiger partial charge in [-0.05, 0) is 43.5 Å². The molecule has 0 saturated carbocycles. The number of carbonyl (C=O) groups is 2. The molecule has 2 heterocycles. The first kappa shape index (κ1) is 16.0. The van der Waals surface area contributed by atoms with Gasteiger partial charge in [0.1, 0.15) is 11.1 Å². The second-order valence-electron chi connectivity index (χ2n) is 5.65. The highest BCUT2D eigenvalue weighted by molar-refractivity contribution is 8.15. The van der Waals surface area contributed by atoms with Gasteiger partial charge in [0.2, 0.25) is 5.91 Å². The molecular formula is C16H18FN3O2S. The number of hydrogen-bond donors (Lipinski definition) is 1. The number of nitrogens with one attached hydrogen (secondary N) is 1. The Morgan fingerprint density at radius 3 is 2.65 bits per heavy atom. The minimum Gasteiger partial charge on any atom is -0.351 e. The second kappa shape index (κ2) is 7.12. The maximum absolute atomic E-state index is 12.8. The van der Waals surface area contributed by atoms with Crippen molar-refractivity contribution in [3.05, 3.63) is 30.1 Å². The maximum Gasteiger partial charge on any atom is 0.262 e. The largest absolute Gasteiger partial charge is 0.351 e. The smallest absolute Gasteiger partial charge is 0.262 e. The lowest BCUT2D eigenvalue weighted by Crippen LogP contribution is -2.33. The molecule has 0 radical (unpaired) electrons. The minimum absolute atomic E-state index is 0.0711. The lowest BCUT2D eigenvalue weighted by atomic mass is 10.1. The summed E-state index contributed by atoms with van der Waals surface area (Å²) in [5.74, 6) is -0.869. The predicted molar refractivity (Wildman–Crippen MR) is 88.9 cm³/mol. The molecule has 2 amide bonds. The number of hydrogen-bond acceptors (Lipinski definition) is 4. The summed E-state index contributed by atoms with van der Waals surface area (Å²) in [6.45, 7) is 1.85. The molecule has 7 heteroatoms. The zero-order chi connectivity index (χ0) is 16.2. The number of benzene rings is 1. The van der Waals surface area contributed by atoms with Gasteiger partial charge in [-0.15, -0.1) is 0 Å². The summed E-state index contributed by atoms with van der Waals surface area (Å²) < 4.78 is 12.8. The van der Waals surface area contributed by atoms with E-state index in [1.54, 1.807) is 0 Å². The van der Waals surface area contributed by atoms with Gasteiger partial charge in [-0.1, -0.05) is 11.8 Å². The van der Waals surface area contributed by atoms with Crippen LogP contribution in [0.3, 0.4) is 0 Å². The van der Waals surface area contributed by atoms with Crippen molar-refractivity contribution in [2.24, 2.45) is 4.99 Å². The SMILES string of the molecule is O=C(CC1SC(N2CCCCC2)=NC1=O)Nc1ccc(F)cc1. The van der Waals surface area contributed by atoms with Crippen LogP contribution in [0, 0.1) is 5.82 Å². The molecular weight excluding hydrogens is 317 g/mol. The molecule has 1 aromatic rings. The highest BCUT2D eigenvalue weighted by Crippen LogP contribution is 2.29. The number of likely N-dealkylation sites (tertiary alicyclic amines) is 1. The number of aliphatic imine (C=N–C) groups is 1. The lowest BCUT2D eigenvalue weighted by molar-refractivity contribution is -0.121. The van der Waals surface area contributed by atoms with Crippen LogP contribution in [-0.4, -0.2) is 40.2 Å². The predicted octanol–water partition coefficient (Wildman–Crippen LogP) is 2.64. The van der Waals surface area contributed by atoms with Crippen molar-refractivity contribution in [2.45, 2.75) is 30.9 Å². The number of thioether (sulfide) groups is 1. The maximum atomic E-state index is 12.8. The number of anilines is 1. The highest BCUT2D eigenvalue weighted by atomic mass is 32.2. The van der Waals surface area contributed by atoms with Crippen molar-refractivity contribution >= 4 is 34.4 Å². The first-order valence-electron chi connectivity index (χ1n) is 7.71. The van der Waals surface area contributed by atoms with Crippen molar-refractivity contribution in [3.8, 4) is 0 Å². The van der Waals surface area contributed by atoms with Gasteiger partial charge >= 0.3 is 0 Å². The topological polar surface area (TPSA) is 61.8 Å². The summed E-state index contributed by atoms with van der Waals surface area (Å²) in [4.78, 5) is 30.3. The van der Waals surface area contributed by atoms with E-state index in [-0.39, 0.29) is 24.1 Å². The Kier molecular flexibility index (Phi) is 4.95. The summed E-state index contributed by atoms with van der Waals surface area (Å²) in [5.41, 5.74) is 0.518. The van der Waals surface area contributed by atoms with Crippen LogP contribution in [0.5, 0.6) is 0 Å². The molecule has 1 N–H and O–H groups in total. The number of carbonyl (C=O) groups excluding carboxylic acids is 2. The summed E-state index contributed by atoms with van der Waals surface area (Å²) >= 11 is 1.37. The van der Waals surface area contributed by atoms with Crippen LogP contribution < -0.4 is 5.32 Å².